The van der Waals surface area contributed by atoms with Crippen LogP contribution in [-0.2, 0) is 24.0 Å². The van der Waals surface area contributed by atoms with Crippen LogP contribution >= 0.6 is 0 Å². The van der Waals surface area contributed by atoms with Gasteiger partial charge in [-0.2, -0.15) is 0 Å². The molecule has 65 heavy (non-hydrogen) atoms. The summed E-state index contributed by atoms with van der Waals surface area (Å²) in [5.41, 5.74) is 6.84. The van der Waals surface area contributed by atoms with Crippen molar-refractivity contribution in [2.75, 3.05) is 14.1 Å². The van der Waals surface area contributed by atoms with Crippen LogP contribution in [0.2, 0.25) is 0 Å². The van der Waals surface area contributed by atoms with Crippen LogP contribution in [0.25, 0.3) is 0 Å². The first kappa shape index (κ1) is 55.4. The van der Waals surface area contributed by atoms with Crippen molar-refractivity contribution < 1.29 is 19.8 Å². The van der Waals surface area contributed by atoms with E-state index in [2.05, 4.69) is 85.4 Å². The molecule has 2 N–H and O–H groups in total. The number of aryl methyl sites for hydroxylation is 2. The van der Waals surface area contributed by atoms with Crippen molar-refractivity contribution >= 4 is 11.6 Å². The van der Waals surface area contributed by atoms with E-state index in [1.165, 1.54) is 49.7 Å². The highest BCUT2D eigenvalue weighted by Gasteiger charge is 2.39. The fourth-order valence-electron chi connectivity index (χ4n) is 9.48. The maximum Gasteiger partial charge on any atom is 0.163 e. The number of rotatable bonds is 5. The first-order valence-corrected chi connectivity index (χ1v) is 24.6. The number of likely N-dealkylation sites (tertiary alicyclic amines) is 2. The first-order valence-electron chi connectivity index (χ1n) is 24.6. The van der Waals surface area contributed by atoms with Crippen LogP contribution in [0.5, 0.6) is 0 Å². The van der Waals surface area contributed by atoms with E-state index in [9.17, 15) is 19.8 Å². The third kappa shape index (κ3) is 15.8. The second-order valence-electron chi connectivity index (χ2n) is 21.3. The number of carbonyl (C=O) groups is 2. The average molecular weight is 889 g/mol. The SMILES string of the molecule is CCC(=O)c1ccccc1.CC[C@](C)(O)c1ccccc1.CC[C@]1(O)CCc2ccccc21.CN1C(C)(C)CCCC1(C)C.CN1C(C)(C)CCCC1(C)C.O=C1CCc2ccccc21. The van der Waals surface area contributed by atoms with Crippen LogP contribution in [0.15, 0.2) is 109 Å². The number of nitrogens with zero attached hydrogens (tertiary/aromatic N) is 2. The van der Waals surface area contributed by atoms with E-state index < -0.39 is 11.2 Å². The van der Waals surface area contributed by atoms with Crippen molar-refractivity contribution in [3.63, 3.8) is 0 Å². The number of hydrogen-bond donors (Lipinski definition) is 2. The molecular formula is C59H88N2O4. The zero-order chi connectivity index (χ0) is 48.7. The van der Waals surface area contributed by atoms with Gasteiger partial charge in [0.2, 0.25) is 0 Å². The van der Waals surface area contributed by atoms with Gasteiger partial charge in [-0.1, -0.05) is 130 Å². The molecule has 0 aromatic heterocycles. The van der Waals surface area contributed by atoms with Gasteiger partial charge in [-0.3, -0.25) is 19.4 Å². The molecule has 6 heteroatoms. The van der Waals surface area contributed by atoms with E-state index in [1.54, 1.807) is 0 Å². The Hall–Kier alpha value is -3.94. The molecule has 0 bridgehead atoms. The quantitative estimate of drug-likeness (QED) is 0.194. The normalized spacial score (nSPS) is 21.8. The molecule has 4 aliphatic rings. The van der Waals surface area contributed by atoms with Gasteiger partial charge in [-0.05, 0) is 169 Å². The van der Waals surface area contributed by atoms with E-state index in [-0.39, 0.29) is 5.78 Å². The van der Waals surface area contributed by atoms with Crippen molar-refractivity contribution in [3.05, 3.63) is 143 Å². The summed E-state index contributed by atoms with van der Waals surface area (Å²) in [4.78, 5) is 27.1. The molecule has 4 aromatic carbocycles. The Bertz CT molecular complexity index is 1980. The maximum atomic E-state index is 11.1. The molecule has 358 valence electrons. The molecular weight excluding hydrogens is 801 g/mol. The smallest absolute Gasteiger partial charge is 0.163 e. The van der Waals surface area contributed by atoms with Gasteiger partial charge in [0.15, 0.2) is 11.6 Å². The fraction of sp³-hybridized carbons (Fsp3) is 0.559. The van der Waals surface area contributed by atoms with Gasteiger partial charge in [-0.25, -0.2) is 0 Å². The van der Waals surface area contributed by atoms with Crippen LogP contribution in [0, 0.1) is 0 Å². The van der Waals surface area contributed by atoms with E-state index in [0.717, 1.165) is 54.4 Å². The minimum atomic E-state index is -0.665. The second kappa shape index (κ2) is 24.2. The third-order valence-electron chi connectivity index (χ3n) is 15.1. The highest BCUT2D eigenvalue weighted by atomic mass is 16.3. The number of benzene rings is 4. The summed E-state index contributed by atoms with van der Waals surface area (Å²) in [5, 5.41) is 19.9. The van der Waals surface area contributed by atoms with Crippen molar-refractivity contribution in [1.82, 2.24) is 9.80 Å². The molecule has 0 saturated carbocycles. The lowest BCUT2D eigenvalue weighted by molar-refractivity contribution is -0.00223. The Labute approximate surface area is 396 Å². The summed E-state index contributed by atoms with van der Waals surface area (Å²) in [6.45, 7) is 26.5. The topological polar surface area (TPSA) is 81.1 Å². The average Bonchev–Trinajstić information content (AvgIpc) is 3.85. The molecule has 2 atom stereocenters. The highest BCUT2D eigenvalue weighted by Crippen LogP contribution is 2.39. The number of hydrogen-bond acceptors (Lipinski definition) is 6. The summed E-state index contributed by atoms with van der Waals surface area (Å²) in [6, 6.07) is 35.1. The van der Waals surface area contributed by atoms with E-state index in [0.29, 0.717) is 40.8 Å². The van der Waals surface area contributed by atoms with E-state index >= 15 is 0 Å². The van der Waals surface area contributed by atoms with Crippen molar-refractivity contribution in [2.45, 2.75) is 200 Å². The van der Waals surface area contributed by atoms with Crippen molar-refractivity contribution in [2.24, 2.45) is 0 Å². The fourth-order valence-corrected chi connectivity index (χ4v) is 9.48. The summed E-state index contributed by atoms with van der Waals surface area (Å²) in [6.07, 6.45) is 13.8. The van der Waals surface area contributed by atoms with Gasteiger partial charge < -0.3 is 10.2 Å². The van der Waals surface area contributed by atoms with Gasteiger partial charge in [0.25, 0.3) is 0 Å². The lowest BCUT2D eigenvalue weighted by Crippen LogP contribution is -2.56. The third-order valence-corrected chi connectivity index (χ3v) is 15.1. The minimum absolute atomic E-state index is 0.209. The summed E-state index contributed by atoms with van der Waals surface area (Å²) in [5.74, 6) is 0.510. The van der Waals surface area contributed by atoms with Gasteiger partial charge in [-0.15, -0.1) is 0 Å². The summed E-state index contributed by atoms with van der Waals surface area (Å²) >= 11 is 0. The molecule has 8 rings (SSSR count). The van der Waals surface area contributed by atoms with Crippen LogP contribution in [0.1, 0.15) is 197 Å². The van der Waals surface area contributed by atoms with Crippen LogP contribution in [-0.4, -0.2) is 67.8 Å². The zero-order valence-corrected chi connectivity index (χ0v) is 43.2. The second-order valence-corrected chi connectivity index (χ2v) is 21.3. The molecule has 0 unspecified atom stereocenters. The Morgan fingerprint density at radius 2 is 1.02 bits per heavy atom. The van der Waals surface area contributed by atoms with Gasteiger partial charge in [0, 0.05) is 46.1 Å². The number of fused-ring (bicyclic) bond motifs is 2. The largest absolute Gasteiger partial charge is 0.385 e. The standard InChI is InChI=1S/C11H14O.2C10H21N.C10H14O.C9H8O.C9H10O/c1-2-11(12)8-7-9-5-3-4-6-10(9)11;2*1-9(2)7-6-8-10(3,4)11(9)5;1-3-10(2,11)9-7-5-4-6-8-9;10-9-6-5-7-3-1-2-4-8(7)9;1-2-9(10)8-6-4-3-5-7-8/h3-6,12H,2,7-8H2,1H3;2*6-8H2,1-5H3;4-8,11H,3H2,1-2H3;1-4H,5-6H2;3-7H,2H2,1H3/t11-;;;10-;;/m0..0../s1. The Morgan fingerprint density at radius 3 is 1.45 bits per heavy atom. The van der Waals surface area contributed by atoms with Gasteiger partial charge in [0.1, 0.15) is 0 Å². The van der Waals surface area contributed by atoms with Crippen LogP contribution in [0.4, 0.5) is 0 Å². The number of Topliss-reactive ketones (excluding diaryl/α,β-unsaturated/α-hetero) is 2. The molecule has 0 amide bonds. The molecule has 2 heterocycles. The molecule has 2 aliphatic heterocycles. The lowest BCUT2D eigenvalue weighted by atomic mass is 9.80. The lowest BCUT2D eigenvalue weighted by Gasteiger charge is -2.51. The highest BCUT2D eigenvalue weighted by molar-refractivity contribution is 6.00. The van der Waals surface area contributed by atoms with Crippen molar-refractivity contribution in [1.29, 1.82) is 0 Å². The number of piperidine rings is 2. The predicted molar refractivity (Wildman–Crippen MR) is 275 cm³/mol. The maximum absolute atomic E-state index is 11.1. The number of carbonyl (C=O) groups excluding carboxylic acids is 2. The first-order chi connectivity index (χ1) is 30.4. The molecule has 0 spiro atoms. The Balaban J connectivity index is 0.000000207. The summed E-state index contributed by atoms with van der Waals surface area (Å²) < 4.78 is 0. The monoisotopic (exact) mass is 889 g/mol. The molecule has 6 nitrogen and oxygen atoms in total. The van der Waals surface area contributed by atoms with Crippen LogP contribution < -0.4 is 0 Å². The Morgan fingerprint density at radius 1 is 0.585 bits per heavy atom. The van der Waals surface area contributed by atoms with Gasteiger partial charge in [0.05, 0.1) is 11.2 Å². The van der Waals surface area contributed by atoms with Crippen LogP contribution in [0.3, 0.4) is 0 Å². The van der Waals surface area contributed by atoms with Crippen molar-refractivity contribution in [3.8, 4) is 0 Å². The minimum Gasteiger partial charge on any atom is -0.385 e. The van der Waals surface area contributed by atoms with E-state index in [1.807, 2.05) is 131 Å². The Kier molecular flexibility index (Phi) is 20.6. The number of aliphatic hydroxyl groups is 2. The van der Waals surface area contributed by atoms with E-state index in [4.69, 9.17) is 0 Å². The van der Waals surface area contributed by atoms with Gasteiger partial charge >= 0.3 is 0 Å². The molecule has 2 fully saturated rings. The molecule has 2 aliphatic carbocycles. The predicted octanol–water partition coefficient (Wildman–Crippen LogP) is 13.9. The number of ketones is 2. The zero-order valence-electron chi connectivity index (χ0n) is 43.2. The molecule has 2 saturated heterocycles. The summed E-state index contributed by atoms with van der Waals surface area (Å²) in [7, 11) is 4.50. The molecule has 0 radical (unpaired) electrons. The molecule has 4 aromatic rings.